The summed E-state index contributed by atoms with van der Waals surface area (Å²) in [5.74, 6) is -0.616. The fraction of sp³-hybridized carbons (Fsp3) is 0.600. The summed E-state index contributed by atoms with van der Waals surface area (Å²) in [5.41, 5.74) is 0. The molecule has 1 aromatic rings. The Hall–Kier alpha value is -0.800. The first kappa shape index (κ1) is 16.3. The second-order valence-electron chi connectivity index (χ2n) is 3.40. The molecule has 0 saturated heterocycles. The van der Waals surface area contributed by atoms with E-state index in [0.717, 1.165) is 0 Å². The first-order valence-electron chi connectivity index (χ1n) is 5.30. The van der Waals surface area contributed by atoms with Crippen molar-refractivity contribution in [3.63, 3.8) is 0 Å². The highest BCUT2D eigenvalue weighted by Crippen LogP contribution is 2.33. The molecular formula is C10H14N2O4S3. The molecule has 0 radical (unpaired) electrons. The van der Waals surface area contributed by atoms with E-state index >= 15 is 0 Å². The van der Waals surface area contributed by atoms with Gasteiger partial charge in [-0.05, 0) is 13.8 Å². The van der Waals surface area contributed by atoms with Crippen molar-refractivity contribution in [2.75, 3.05) is 14.2 Å². The van der Waals surface area contributed by atoms with Crippen molar-refractivity contribution in [2.45, 2.75) is 33.0 Å². The van der Waals surface area contributed by atoms with Gasteiger partial charge < -0.3 is 9.47 Å². The van der Waals surface area contributed by atoms with Crippen LogP contribution in [0.4, 0.5) is 0 Å². The Morgan fingerprint density at radius 2 is 1.37 bits per heavy atom. The van der Waals surface area contributed by atoms with Gasteiger partial charge in [-0.1, -0.05) is 34.9 Å². The van der Waals surface area contributed by atoms with Gasteiger partial charge in [-0.25, -0.2) is 0 Å². The van der Waals surface area contributed by atoms with Gasteiger partial charge in [0, 0.05) is 0 Å². The summed E-state index contributed by atoms with van der Waals surface area (Å²) < 4.78 is 10.6. The first-order valence-corrected chi connectivity index (χ1v) is 7.88. The Labute approximate surface area is 123 Å². The van der Waals surface area contributed by atoms with Crippen LogP contribution in [0.3, 0.4) is 0 Å². The number of nitrogens with zero attached hydrogens (tertiary/aromatic N) is 2. The lowest BCUT2D eigenvalue weighted by Gasteiger charge is -2.05. The second kappa shape index (κ2) is 7.71. The van der Waals surface area contributed by atoms with Crippen LogP contribution in [0, 0.1) is 0 Å². The zero-order valence-electron chi connectivity index (χ0n) is 10.9. The first-order chi connectivity index (χ1) is 8.97. The molecule has 0 fully saturated rings. The summed E-state index contributed by atoms with van der Waals surface area (Å²) in [6.45, 7) is 3.48. The highest BCUT2D eigenvalue weighted by atomic mass is 32.2. The lowest BCUT2D eigenvalue weighted by atomic mass is 10.5. The number of hydrogen-bond donors (Lipinski definition) is 0. The van der Waals surface area contributed by atoms with Crippen LogP contribution in [-0.2, 0) is 19.1 Å². The lowest BCUT2D eigenvalue weighted by molar-refractivity contribution is -0.140. The Balaban J connectivity index is 2.57. The molecule has 0 spiro atoms. The van der Waals surface area contributed by atoms with Crippen LogP contribution in [0.1, 0.15) is 13.8 Å². The summed E-state index contributed by atoms with van der Waals surface area (Å²) in [4.78, 5) is 22.6. The minimum absolute atomic E-state index is 0.308. The molecule has 2 atom stereocenters. The van der Waals surface area contributed by atoms with E-state index in [4.69, 9.17) is 0 Å². The number of ether oxygens (including phenoxy) is 2. The summed E-state index contributed by atoms with van der Waals surface area (Å²) in [6.07, 6.45) is 0. The standard InChI is InChI=1S/C10H14N2O4S3/c1-5(7(13)15-3)17-9-11-12-10(19-9)18-6(2)8(14)16-4/h5-6H,1-4H3/t5-,6+. The molecule has 0 bridgehead atoms. The maximum absolute atomic E-state index is 11.3. The van der Waals surface area contributed by atoms with Gasteiger partial charge in [0.25, 0.3) is 0 Å². The molecule has 1 heterocycles. The van der Waals surface area contributed by atoms with E-state index in [9.17, 15) is 9.59 Å². The molecule has 0 amide bonds. The van der Waals surface area contributed by atoms with Gasteiger partial charge in [0.05, 0.1) is 14.2 Å². The molecule has 0 unspecified atom stereocenters. The topological polar surface area (TPSA) is 78.4 Å². The number of aromatic nitrogens is 2. The van der Waals surface area contributed by atoms with Gasteiger partial charge in [-0.3, -0.25) is 9.59 Å². The van der Waals surface area contributed by atoms with Crippen LogP contribution >= 0.6 is 34.9 Å². The molecule has 19 heavy (non-hydrogen) atoms. The number of carbonyl (C=O) groups excluding carboxylic acids is 2. The summed E-state index contributed by atoms with van der Waals surface area (Å²) >= 11 is 3.89. The SMILES string of the molecule is COC(=O)[C@H](C)Sc1nnc(S[C@H](C)C(=O)OC)s1. The number of esters is 2. The average molecular weight is 322 g/mol. The van der Waals surface area contributed by atoms with E-state index in [1.54, 1.807) is 13.8 Å². The van der Waals surface area contributed by atoms with Gasteiger partial charge in [0.15, 0.2) is 8.68 Å². The molecule has 0 N–H and O–H groups in total. The molecule has 0 aliphatic carbocycles. The molecule has 9 heteroatoms. The Bertz CT molecular complexity index is 413. The number of thioether (sulfide) groups is 2. The molecule has 0 aliphatic rings. The molecule has 1 aromatic heterocycles. The van der Waals surface area contributed by atoms with Crippen LogP contribution < -0.4 is 0 Å². The molecule has 1 rings (SSSR count). The van der Waals surface area contributed by atoms with Gasteiger partial charge >= 0.3 is 11.9 Å². The Morgan fingerprint density at radius 1 is 1.00 bits per heavy atom. The van der Waals surface area contributed by atoms with Crippen LogP contribution in [0.15, 0.2) is 8.68 Å². The predicted octanol–water partition coefficient (Wildman–Crippen LogP) is 1.85. The van der Waals surface area contributed by atoms with Crippen LogP contribution in [0.2, 0.25) is 0 Å². The van der Waals surface area contributed by atoms with E-state index in [-0.39, 0.29) is 22.4 Å². The second-order valence-corrected chi connectivity index (χ2v) is 7.55. The maximum Gasteiger partial charge on any atom is 0.318 e. The minimum atomic E-state index is -0.339. The van der Waals surface area contributed by atoms with Crippen molar-refractivity contribution < 1.29 is 19.1 Å². The number of carbonyl (C=O) groups is 2. The van der Waals surface area contributed by atoms with Crippen LogP contribution in [0.25, 0.3) is 0 Å². The molecule has 0 saturated carbocycles. The maximum atomic E-state index is 11.3. The van der Waals surface area contributed by atoms with E-state index in [2.05, 4.69) is 19.7 Å². The van der Waals surface area contributed by atoms with Gasteiger partial charge in [-0.15, -0.1) is 10.2 Å². The highest BCUT2D eigenvalue weighted by molar-refractivity contribution is 8.04. The quantitative estimate of drug-likeness (QED) is 0.580. The van der Waals surface area contributed by atoms with E-state index in [0.29, 0.717) is 8.68 Å². The van der Waals surface area contributed by atoms with Gasteiger partial charge in [0.2, 0.25) is 0 Å². The largest absolute Gasteiger partial charge is 0.468 e. The van der Waals surface area contributed by atoms with Crippen molar-refractivity contribution in [1.82, 2.24) is 10.2 Å². The number of hydrogen-bond acceptors (Lipinski definition) is 9. The zero-order valence-corrected chi connectivity index (χ0v) is 13.4. The molecule has 106 valence electrons. The fourth-order valence-electron chi connectivity index (χ4n) is 1.02. The van der Waals surface area contributed by atoms with Gasteiger partial charge in [0.1, 0.15) is 10.5 Å². The molecule has 6 nitrogen and oxygen atoms in total. The van der Waals surface area contributed by atoms with Crippen LogP contribution in [0.5, 0.6) is 0 Å². The molecular weight excluding hydrogens is 308 g/mol. The minimum Gasteiger partial charge on any atom is -0.468 e. The summed E-state index contributed by atoms with van der Waals surface area (Å²) in [6, 6.07) is 0. The van der Waals surface area contributed by atoms with Crippen molar-refractivity contribution >= 4 is 46.8 Å². The normalized spacial score (nSPS) is 13.7. The Kier molecular flexibility index (Phi) is 6.59. The van der Waals surface area contributed by atoms with Gasteiger partial charge in [-0.2, -0.15) is 0 Å². The van der Waals surface area contributed by atoms with E-state index in [1.165, 1.54) is 49.1 Å². The van der Waals surface area contributed by atoms with Crippen molar-refractivity contribution in [2.24, 2.45) is 0 Å². The number of rotatable bonds is 6. The van der Waals surface area contributed by atoms with E-state index in [1.807, 2.05) is 0 Å². The average Bonchev–Trinajstić information content (AvgIpc) is 2.83. The van der Waals surface area contributed by atoms with Crippen molar-refractivity contribution in [1.29, 1.82) is 0 Å². The Morgan fingerprint density at radius 3 is 1.68 bits per heavy atom. The third-order valence-corrected chi connectivity index (χ3v) is 5.26. The lowest BCUT2D eigenvalue weighted by Crippen LogP contribution is -2.14. The third-order valence-electron chi connectivity index (χ3n) is 2.01. The summed E-state index contributed by atoms with van der Waals surface area (Å²) in [7, 11) is 2.69. The third kappa shape index (κ3) is 5.00. The monoisotopic (exact) mass is 322 g/mol. The van der Waals surface area contributed by atoms with Crippen molar-refractivity contribution in [3.8, 4) is 0 Å². The number of methoxy groups -OCH3 is 2. The predicted molar refractivity (Wildman–Crippen MR) is 74.6 cm³/mol. The van der Waals surface area contributed by atoms with Crippen LogP contribution in [-0.4, -0.2) is 46.9 Å². The highest BCUT2D eigenvalue weighted by Gasteiger charge is 2.20. The summed E-state index contributed by atoms with van der Waals surface area (Å²) in [5, 5.41) is 7.25. The molecule has 0 aliphatic heterocycles. The van der Waals surface area contributed by atoms with E-state index < -0.39 is 0 Å². The smallest absolute Gasteiger partial charge is 0.318 e. The van der Waals surface area contributed by atoms with Crippen molar-refractivity contribution in [3.05, 3.63) is 0 Å². The fourth-order valence-corrected chi connectivity index (χ4v) is 4.38. The zero-order chi connectivity index (χ0) is 14.4. The molecule has 0 aromatic carbocycles.